The number of carbonyl (C=O) groups is 2. The molecule has 3 rings (SSSR count). The van der Waals surface area contributed by atoms with Gasteiger partial charge >= 0.3 is 0 Å². The molecule has 0 bridgehead atoms. The fourth-order valence-electron chi connectivity index (χ4n) is 2.94. The number of rotatable bonds is 4. The average molecular weight is 288 g/mol. The van der Waals surface area contributed by atoms with Gasteiger partial charge < -0.3 is 10.2 Å². The number of aromatic nitrogens is 2. The average Bonchev–Trinajstić information content (AvgIpc) is 3.27. The SMILES string of the molecule is CC(C)C1C(=O)NC(C2CC2)C(=O)N1Cc1cccnn1. The van der Waals surface area contributed by atoms with Crippen LogP contribution in [0.5, 0.6) is 0 Å². The van der Waals surface area contributed by atoms with Crippen LogP contribution in [0.15, 0.2) is 18.3 Å². The summed E-state index contributed by atoms with van der Waals surface area (Å²) in [5.74, 6) is 0.330. The Bertz CT molecular complexity index is 542. The number of amides is 2. The number of hydrogen-bond donors (Lipinski definition) is 1. The van der Waals surface area contributed by atoms with E-state index >= 15 is 0 Å². The molecule has 0 radical (unpaired) electrons. The molecule has 2 atom stereocenters. The van der Waals surface area contributed by atoms with Gasteiger partial charge in [0.2, 0.25) is 11.8 Å². The van der Waals surface area contributed by atoms with E-state index < -0.39 is 6.04 Å². The minimum absolute atomic E-state index is 0.0152. The first-order chi connectivity index (χ1) is 10.1. The third-order valence-corrected chi connectivity index (χ3v) is 4.14. The molecule has 1 aromatic heterocycles. The van der Waals surface area contributed by atoms with Crippen molar-refractivity contribution in [2.24, 2.45) is 11.8 Å². The summed E-state index contributed by atoms with van der Waals surface area (Å²) in [5.41, 5.74) is 0.709. The van der Waals surface area contributed by atoms with Crippen molar-refractivity contribution in [3.8, 4) is 0 Å². The summed E-state index contributed by atoms with van der Waals surface area (Å²) in [6, 6.07) is 2.83. The second-order valence-corrected chi connectivity index (χ2v) is 6.19. The molecule has 2 heterocycles. The first-order valence-corrected chi connectivity index (χ1v) is 7.45. The largest absolute Gasteiger partial charge is 0.342 e. The Labute approximate surface area is 123 Å². The monoisotopic (exact) mass is 288 g/mol. The van der Waals surface area contributed by atoms with E-state index in [4.69, 9.17) is 0 Å². The molecule has 1 N–H and O–H groups in total. The zero-order chi connectivity index (χ0) is 15.0. The van der Waals surface area contributed by atoms with E-state index in [9.17, 15) is 9.59 Å². The molecule has 21 heavy (non-hydrogen) atoms. The maximum atomic E-state index is 12.7. The Kier molecular flexibility index (Phi) is 3.61. The second-order valence-electron chi connectivity index (χ2n) is 6.19. The summed E-state index contributed by atoms with van der Waals surface area (Å²) >= 11 is 0. The molecule has 1 aliphatic carbocycles. The molecule has 1 aliphatic heterocycles. The van der Waals surface area contributed by atoms with Crippen molar-refractivity contribution in [2.45, 2.75) is 45.3 Å². The van der Waals surface area contributed by atoms with Crippen LogP contribution in [0.1, 0.15) is 32.4 Å². The fourth-order valence-corrected chi connectivity index (χ4v) is 2.94. The second kappa shape index (κ2) is 5.42. The highest BCUT2D eigenvalue weighted by Gasteiger charge is 2.47. The van der Waals surface area contributed by atoms with Crippen LogP contribution in [0, 0.1) is 11.8 Å². The molecule has 1 saturated carbocycles. The lowest BCUT2D eigenvalue weighted by Gasteiger charge is -2.40. The summed E-state index contributed by atoms with van der Waals surface area (Å²) in [7, 11) is 0. The lowest BCUT2D eigenvalue weighted by molar-refractivity contribution is -0.152. The van der Waals surface area contributed by atoms with Gasteiger partial charge in [0.15, 0.2) is 0 Å². The maximum Gasteiger partial charge on any atom is 0.246 e. The highest BCUT2D eigenvalue weighted by molar-refractivity contribution is 5.97. The predicted octanol–water partition coefficient (Wildman–Crippen LogP) is 0.738. The van der Waals surface area contributed by atoms with Crippen molar-refractivity contribution in [3.63, 3.8) is 0 Å². The molecule has 1 saturated heterocycles. The van der Waals surface area contributed by atoms with Crippen LogP contribution in [0.3, 0.4) is 0 Å². The molecular formula is C15H20N4O2. The van der Waals surface area contributed by atoms with Gasteiger partial charge in [-0.25, -0.2) is 0 Å². The Morgan fingerprint density at radius 2 is 2.14 bits per heavy atom. The third-order valence-electron chi connectivity index (χ3n) is 4.14. The molecule has 2 fully saturated rings. The molecule has 2 aliphatic rings. The van der Waals surface area contributed by atoms with Gasteiger partial charge in [0.05, 0.1) is 12.2 Å². The molecule has 1 aromatic rings. The minimum Gasteiger partial charge on any atom is -0.342 e. The van der Waals surface area contributed by atoms with Crippen LogP contribution in [0.25, 0.3) is 0 Å². The number of nitrogens with one attached hydrogen (secondary N) is 1. The van der Waals surface area contributed by atoms with Gasteiger partial charge in [-0.05, 0) is 36.8 Å². The van der Waals surface area contributed by atoms with Crippen LogP contribution >= 0.6 is 0 Å². The van der Waals surface area contributed by atoms with Crippen LogP contribution in [0.4, 0.5) is 0 Å². The van der Waals surface area contributed by atoms with Crippen LogP contribution < -0.4 is 5.32 Å². The maximum absolute atomic E-state index is 12.7. The zero-order valence-corrected chi connectivity index (χ0v) is 12.3. The normalized spacial score (nSPS) is 26.1. The van der Waals surface area contributed by atoms with Gasteiger partial charge in [-0.15, -0.1) is 0 Å². The van der Waals surface area contributed by atoms with Crippen molar-refractivity contribution in [1.82, 2.24) is 20.4 Å². The van der Waals surface area contributed by atoms with E-state index in [1.807, 2.05) is 19.9 Å². The minimum atomic E-state index is -0.436. The Hall–Kier alpha value is -1.98. The molecule has 0 spiro atoms. The van der Waals surface area contributed by atoms with Crippen molar-refractivity contribution in [2.75, 3.05) is 0 Å². The molecule has 2 unspecified atom stereocenters. The van der Waals surface area contributed by atoms with Gasteiger partial charge in [-0.1, -0.05) is 13.8 Å². The van der Waals surface area contributed by atoms with Crippen molar-refractivity contribution in [1.29, 1.82) is 0 Å². The van der Waals surface area contributed by atoms with E-state index in [2.05, 4.69) is 15.5 Å². The zero-order valence-electron chi connectivity index (χ0n) is 12.3. The summed E-state index contributed by atoms with van der Waals surface area (Å²) in [4.78, 5) is 26.8. The summed E-state index contributed by atoms with van der Waals surface area (Å²) in [6.45, 7) is 4.25. The number of nitrogens with zero attached hydrogens (tertiary/aromatic N) is 3. The van der Waals surface area contributed by atoms with Gasteiger partial charge in [0.25, 0.3) is 0 Å². The molecule has 6 heteroatoms. The molecular weight excluding hydrogens is 268 g/mol. The molecule has 0 aromatic carbocycles. The van der Waals surface area contributed by atoms with E-state index in [0.717, 1.165) is 12.8 Å². The Morgan fingerprint density at radius 3 is 2.71 bits per heavy atom. The summed E-state index contributed by atoms with van der Waals surface area (Å²) in [5, 5.41) is 10.8. The van der Waals surface area contributed by atoms with Gasteiger partial charge in [-0.2, -0.15) is 10.2 Å². The summed E-state index contributed by atoms with van der Waals surface area (Å²) in [6.07, 6.45) is 3.63. The molecule has 112 valence electrons. The Morgan fingerprint density at radius 1 is 1.38 bits per heavy atom. The predicted molar refractivity (Wildman–Crippen MR) is 75.9 cm³/mol. The summed E-state index contributed by atoms with van der Waals surface area (Å²) < 4.78 is 0. The Balaban J connectivity index is 1.86. The van der Waals surface area contributed by atoms with E-state index in [1.54, 1.807) is 17.2 Å². The third kappa shape index (κ3) is 2.75. The number of carbonyl (C=O) groups excluding carboxylic acids is 2. The lowest BCUT2D eigenvalue weighted by Crippen LogP contribution is -2.65. The number of piperazine rings is 1. The quantitative estimate of drug-likeness (QED) is 0.886. The van der Waals surface area contributed by atoms with Gasteiger partial charge in [-0.3, -0.25) is 9.59 Å². The van der Waals surface area contributed by atoms with Crippen molar-refractivity contribution < 1.29 is 9.59 Å². The van der Waals surface area contributed by atoms with Crippen molar-refractivity contribution in [3.05, 3.63) is 24.0 Å². The highest BCUT2D eigenvalue weighted by atomic mass is 16.2. The lowest BCUT2D eigenvalue weighted by atomic mass is 9.95. The topological polar surface area (TPSA) is 75.2 Å². The van der Waals surface area contributed by atoms with E-state index in [-0.39, 0.29) is 23.8 Å². The fraction of sp³-hybridized carbons (Fsp3) is 0.600. The van der Waals surface area contributed by atoms with Gasteiger partial charge in [0.1, 0.15) is 12.1 Å². The van der Waals surface area contributed by atoms with E-state index in [0.29, 0.717) is 18.2 Å². The van der Waals surface area contributed by atoms with Crippen LogP contribution in [-0.4, -0.2) is 39.0 Å². The highest BCUT2D eigenvalue weighted by Crippen LogP contribution is 2.36. The smallest absolute Gasteiger partial charge is 0.246 e. The van der Waals surface area contributed by atoms with Crippen molar-refractivity contribution >= 4 is 11.8 Å². The number of hydrogen-bond acceptors (Lipinski definition) is 4. The first-order valence-electron chi connectivity index (χ1n) is 7.45. The van der Waals surface area contributed by atoms with E-state index in [1.165, 1.54) is 0 Å². The van der Waals surface area contributed by atoms with Gasteiger partial charge in [0, 0.05) is 6.20 Å². The van der Waals surface area contributed by atoms with Crippen LogP contribution in [-0.2, 0) is 16.1 Å². The molecule has 6 nitrogen and oxygen atoms in total. The standard InChI is InChI=1S/C15H20N4O2/c1-9(2)13-14(20)17-12(10-5-6-10)15(21)19(13)8-11-4-3-7-16-18-11/h3-4,7,9-10,12-13H,5-6,8H2,1-2H3,(H,17,20). The molecule has 2 amide bonds. The van der Waals surface area contributed by atoms with Crippen LogP contribution in [0.2, 0.25) is 0 Å². The first kappa shape index (κ1) is 14.0.